The Hall–Kier alpha value is -1.14. The molecule has 3 N–H and O–H groups in total. The number of rotatable bonds is 5. The number of ether oxygens (including phenoxy) is 1. The highest BCUT2D eigenvalue weighted by Gasteiger charge is 2.31. The quantitative estimate of drug-likeness (QED) is 0.470. The minimum absolute atomic E-state index is 0.0855. The molecule has 0 aromatic heterocycles. The van der Waals surface area contributed by atoms with Gasteiger partial charge in [0.1, 0.15) is 0 Å². The fourth-order valence-corrected chi connectivity index (χ4v) is 0.552. The number of carboxylic acid groups (broad SMARTS) is 1. The van der Waals surface area contributed by atoms with Gasteiger partial charge in [-0.2, -0.15) is 0 Å². The average molecular weight is 192 g/mol. The van der Waals surface area contributed by atoms with Crippen LogP contribution in [0.4, 0.5) is 0 Å². The van der Waals surface area contributed by atoms with Crippen LogP contribution in [0.1, 0.15) is 13.3 Å². The minimum Gasteiger partial charge on any atom is -0.479 e. The van der Waals surface area contributed by atoms with Gasteiger partial charge in [-0.25, -0.2) is 9.59 Å². The Morgan fingerprint density at radius 2 is 1.85 bits per heavy atom. The van der Waals surface area contributed by atoms with E-state index in [9.17, 15) is 9.59 Å². The zero-order valence-corrected chi connectivity index (χ0v) is 7.14. The lowest BCUT2D eigenvalue weighted by molar-refractivity contribution is -0.169. The number of aliphatic carboxylic acids is 1. The van der Waals surface area contributed by atoms with E-state index in [-0.39, 0.29) is 6.61 Å². The van der Waals surface area contributed by atoms with Gasteiger partial charge in [0.05, 0.1) is 6.61 Å². The van der Waals surface area contributed by atoms with Crippen molar-refractivity contribution in [3.05, 3.63) is 0 Å². The average Bonchev–Trinajstić information content (AvgIpc) is 2.11. The van der Waals surface area contributed by atoms with Gasteiger partial charge in [0.25, 0.3) is 0 Å². The molecule has 0 unspecified atom stereocenters. The van der Waals surface area contributed by atoms with E-state index in [2.05, 4.69) is 4.74 Å². The number of hydrogen-bond acceptors (Lipinski definition) is 5. The van der Waals surface area contributed by atoms with Crippen molar-refractivity contribution in [2.45, 2.75) is 25.6 Å². The second kappa shape index (κ2) is 5.50. The molecule has 76 valence electrons. The molecular formula is C7H12O6. The van der Waals surface area contributed by atoms with Crippen molar-refractivity contribution in [2.75, 3.05) is 6.61 Å². The van der Waals surface area contributed by atoms with Crippen molar-refractivity contribution in [1.82, 2.24) is 0 Å². The van der Waals surface area contributed by atoms with E-state index < -0.39 is 24.1 Å². The largest absolute Gasteiger partial charge is 0.479 e. The smallest absolute Gasteiger partial charge is 0.338 e. The molecule has 6 nitrogen and oxygen atoms in total. The molecule has 0 amide bonds. The van der Waals surface area contributed by atoms with Gasteiger partial charge in [-0.3, -0.25) is 0 Å². The van der Waals surface area contributed by atoms with Crippen LogP contribution in [-0.4, -0.2) is 46.1 Å². The lowest BCUT2D eigenvalue weighted by atomic mass is 10.2. The first-order chi connectivity index (χ1) is 6.00. The monoisotopic (exact) mass is 192 g/mol. The predicted octanol–water partition coefficient (Wildman–Crippen LogP) is -1.25. The van der Waals surface area contributed by atoms with E-state index in [1.54, 1.807) is 6.92 Å². The Balaban J connectivity index is 4.01. The third kappa shape index (κ3) is 3.86. The molecule has 0 aliphatic carbocycles. The van der Waals surface area contributed by atoms with Gasteiger partial charge in [0.2, 0.25) is 0 Å². The highest BCUT2D eigenvalue weighted by atomic mass is 16.5. The molecule has 0 aromatic carbocycles. The van der Waals surface area contributed by atoms with E-state index >= 15 is 0 Å². The third-order valence-electron chi connectivity index (χ3n) is 1.24. The van der Waals surface area contributed by atoms with Gasteiger partial charge in [0.15, 0.2) is 12.2 Å². The van der Waals surface area contributed by atoms with E-state index in [0.29, 0.717) is 6.42 Å². The Morgan fingerprint density at radius 3 is 2.23 bits per heavy atom. The van der Waals surface area contributed by atoms with E-state index in [4.69, 9.17) is 15.3 Å². The van der Waals surface area contributed by atoms with Gasteiger partial charge >= 0.3 is 11.9 Å². The van der Waals surface area contributed by atoms with Crippen LogP contribution in [0, 0.1) is 0 Å². The molecule has 0 aliphatic heterocycles. The second-order valence-corrected chi connectivity index (χ2v) is 2.40. The maximum atomic E-state index is 10.8. The van der Waals surface area contributed by atoms with E-state index in [0.717, 1.165) is 0 Å². The Kier molecular flexibility index (Phi) is 5.01. The molecule has 2 atom stereocenters. The number of hydrogen-bond donors (Lipinski definition) is 3. The molecule has 0 saturated heterocycles. The summed E-state index contributed by atoms with van der Waals surface area (Å²) in [5.41, 5.74) is 0. The van der Waals surface area contributed by atoms with Crippen molar-refractivity contribution in [2.24, 2.45) is 0 Å². The lowest BCUT2D eigenvalue weighted by Crippen LogP contribution is -2.40. The SMILES string of the molecule is CCCOC(=O)[C@H](O)[C@@H](O)C(=O)O. The summed E-state index contributed by atoms with van der Waals surface area (Å²) >= 11 is 0. The Morgan fingerprint density at radius 1 is 1.31 bits per heavy atom. The molecule has 0 bridgehead atoms. The number of esters is 1. The first-order valence-electron chi connectivity index (χ1n) is 3.76. The summed E-state index contributed by atoms with van der Waals surface area (Å²) in [4.78, 5) is 20.9. The first kappa shape index (κ1) is 11.9. The van der Waals surface area contributed by atoms with Gasteiger partial charge in [-0.15, -0.1) is 0 Å². The lowest BCUT2D eigenvalue weighted by Gasteiger charge is -2.12. The zero-order chi connectivity index (χ0) is 10.4. The molecule has 0 aromatic rings. The van der Waals surface area contributed by atoms with Crippen LogP contribution in [0.5, 0.6) is 0 Å². The minimum atomic E-state index is -2.13. The standard InChI is InChI=1S/C7H12O6/c1-2-3-13-7(12)5(9)4(8)6(10)11/h4-5,8-9H,2-3H2,1H3,(H,10,11)/t4-,5-/m1/s1. The summed E-state index contributed by atoms with van der Waals surface area (Å²) in [5.74, 6) is -2.79. The van der Waals surface area contributed by atoms with Crippen molar-refractivity contribution in [3.8, 4) is 0 Å². The molecule has 0 heterocycles. The highest BCUT2D eigenvalue weighted by molar-refractivity contribution is 5.84. The predicted molar refractivity (Wildman–Crippen MR) is 40.9 cm³/mol. The Labute approximate surface area is 74.7 Å². The topological polar surface area (TPSA) is 104 Å². The van der Waals surface area contributed by atoms with Crippen LogP contribution in [-0.2, 0) is 14.3 Å². The molecule has 0 rings (SSSR count). The van der Waals surface area contributed by atoms with Crippen LogP contribution >= 0.6 is 0 Å². The zero-order valence-electron chi connectivity index (χ0n) is 7.14. The highest BCUT2D eigenvalue weighted by Crippen LogP contribution is 1.97. The van der Waals surface area contributed by atoms with Crippen molar-refractivity contribution >= 4 is 11.9 Å². The van der Waals surface area contributed by atoms with Gasteiger partial charge in [-0.1, -0.05) is 6.92 Å². The Bertz CT molecular complexity index is 189. The van der Waals surface area contributed by atoms with E-state index in [1.165, 1.54) is 0 Å². The molecule has 0 aliphatic rings. The molecule has 0 saturated carbocycles. The molecule has 0 fully saturated rings. The number of carbonyl (C=O) groups excluding carboxylic acids is 1. The summed E-state index contributed by atoms with van der Waals surface area (Å²) in [6, 6.07) is 0. The summed E-state index contributed by atoms with van der Waals surface area (Å²) < 4.78 is 4.41. The maximum absolute atomic E-state index is 10.8. The van der Waals surface area contributed by atoms with Crippen LogP contribution in [0.15, 0.2) is 0 Å². The fourth-order valence-electron chi connectivity index (χ4n) is 0.552. The fraction of sp³-hybridized carbons (Fsp3) is 0.714. The van der Waals surface area contributed by atoms with Crippen LogP contribution < -0.4 is 0 Å². The normalized spacial score (nSPS) is 14.7. The van der Waals surface area contributed by atoms with Gasteiger partial charge < -0.3 is 20.1 Å². The number of aliphatic hydroxyl groups excluding tert-OH is 2. The third-order valence-corrected chi connectivity index (χ3v) is 1.24. The molecule has 13 heavy (non-hydrogen) atoms. The van der Waals surface area contributed by atoms with Crippen molar-refractivity contribution in [3.63, 3.8) is 0 Å². The summed E-state index contributed by atoms with van der Waals surface area (Å²) in [5, 5.41) is 25.8. The maximum Gasteiger partial charge on any atom is 0.338 e. The summed E-state index contributed by atoms with van der Waals surface area (Å²) in [7, 11) is 0. The molecule has 0 radical (unpaired) electrons. The second-order valence-electron chi connectivity index (χ2n) is 2.40. The summed E-state index contributed by atoms with van der Waals surface area (Å²) in [6.07, 6.45) is -3.60. The number of carboxylic acids is 1. The number of aliphatic hydroxyl groups is 2. The molecule has 0 spiro atoms. The van der Waals surface area contributed by atoms with Crippen molar-refractivity contribution < 1.29 is 29.6 Å². The molecule has 6 heteroatoms. The van der Waals surface area contributed by atoms with Gasteiger partial charge in [0, 0.05) is 0 Å². The van der Waals surface area contributed by atoms with E-state index in [1.807, 2.05) is 0 Å². The van der Waals surface area contributed by atoms with Crippen molar-refractivity contribution in [1.29, 1.82) is 0 Å². The van der Waals surface area contributed by atoms with Crippen LogP contribution in [0.3, 0.4) is 0 Å². The van der Waals surface area contributed by atoms with Crippen LogP contribution in [0.2, 0.25) is 0 Å². The van der Waals surface area contributed by atoms with Gasteiger partial charge in [-0.05, 0) is 6.42 Å². The first-order valence-corrected chi connectivity index (χ1v) is 3.76. The molecular weight excluding hydrogens is 180 g/mol. The summed E-state index contributed by atoms with van der Waals surface area (Å²) in [6.45, 7) is 1.83. The van der Waals surface area contributed by atoms with Crippen LogP contribution in [0.25, 0.3) is 0 Å². The number of carbonyl (C=O) groups is 2.